The Labute approximate surface area is 133 Å². The van der Waals surface area contributed by atoms with Crippen molar-refractivity contribution in [3.05, 3.63) is 18.2 Å². The van der Waals surface area contributed by atoms with E-state index in [0.29, 0.717) is 11.7 Å². The van der Waals surface area contributed by atoms with Crippen LogP contribution in [0, 0.1) is 0 Å². The summed E-state index contributed by atoms with van der Waals surface area (Å²) in [4.78, 5) is 16.3. The topological polar surface area (TPSA) is 83.5 Å². The summed E-state index contributed by atoms with van der Waals surface area (Å²) in [5.41, 5.74) is 0.338. The van der Waals surface area contributed by atoms with Crippen LogP contribution < -0.4 is 15.4 Å². The maximum atomic E-state index is 11.9. The van der Waals surface area contributed by atoms with Crippen LogP contribution in [-0.2, 0) is 4.79 Å². The summed E-state index contributed by atoms with van der Waals surface area (Å²) in [5.74, 6) is 0.605. The van der Waals surface area contributed by atoms with Crippen molar-refractivity contribution < 1.29 is 14.6 Å². The van der Waals surface area contributed by atoms with E-state index >= 15 is 0 Å². The minimum absolute atomic E-state index is 0.0401. The molecule has 7 heteroatoms. The molecule has 1 aromatic carbocycles. The van der Waals surface area contributed by atoms with E-state index in [1.807, 2.05) is 39.0 Å². The SMILES string of the molecule is CCOc1ccc2nc(NC(=O)CNC(C)(C)CO)sc2c1. The third-order valence-electron chi connectivity index (χ3n) is 3.04. The average Bonchev–Trinajstić information content (AvgIpc) is 2.87. The number of benzene rings is 1. The maximum absolute atomic E-state index is 11.9. The summed E-state index contributed by atoms with van der Waals surface area (Å²) in [5, 5.41) is 15.4. The molecule has 0 radical (unpaired) electrons. The van der Waals surface area contributed by atoms with Gasteiger partial charge in [-0.25, -0.2) is 4.98 Å². The van der Waals surface area contributed by atoms with Crippen molar-refractivity contribution in [2.45, 2.75) is 26.3 Å². The molecule has 120 valence electrons. The van der Waals surface area contributed by atoms with Crippen LogP contribution in [0.1, 0.15) is 20.8 Å². The van der Waals surface area contributed by atoms with Crippen LogP contribution >= 0.6 is 11.3 Å². The van der Waals surface area contributed by atoms with E-state index in [2.05, 4.69) is 15.6 Å². The number of carbonyl (C=O) groups is 1. The Morgan fingerprint density at radius 1 is 1.45 bits per heavy atom. The number of fused-ring (bicyclic) bond motifs is 1. The van der Waals surface area contributed by atoms with E-state index in [0.717, 1.165) is 16.0 Å². The first-order valence-corrected chi connectivity index (χ1v) is 7.94. The smallest absolute Gasteiger partial charge is 0.240 e. The lowest BCUT2D eigenvalue weighted by atomic mass is 10.1. The van der Waals surface area contributed by atoms with Gasteiger partial charge in [-0.1, -0.05) is 11.3 Å². The van der Waals surface area contributed by atoms with Gasteiger partial charge < -0.3 is 20.5 Å². The summed E-state index contributed by atoms with van der Waals surface area (Å²) < 4.78 is 6.41. The first-order valence-electron chi connectivity index (χ1n) is 7.12. The van der Waals surface area contributed by atoms with Crippen molar-refractivity contribution in [1.29, 1.82) is 0 Å². The van der Waals surface area contributed by atoms with Crippen molar-refractivity contribution in [3.8, 4) is 5.75 Å². The lowest BCUT2D eigenvalue weighted by Gasteiger charge is -2.22. The van der Waals surface area contributed by atoms with Gasteiger partial charge in [0, 0.05) is 5.54 Å². The number of carbonyl (C=O) groups excluding carboxylic acids is 1. The minimum atomic E-state index is -0.489. The summed E-state index contributed by atoms with van der Waals surface area (Å²) in [7, 11) is 0. The predicted octanol–water partition coefficient (Wildman–Crippen LogP) is 1.99. The largest absolute Gasteiger partial charge is 0.494 e. The number of amides is 1. The molecule has 0 atom stereocenters. The molecule has 0 spiro atoms. The molecule has 1 amide bonds. The highest BCUT2D eigenvalue weighted by Crippen LogP contribution is 2.29. The Morgan fingerprint density at radius 3 is 2.91 bits per heavy atom. The molecule has 0 saturated carbocycles. The molecule has 0 aliphatic heterocycles. The highest BCUT2D eigenvalue weighted by Gasteiger charge is 2.17. The van der Waals surface area contributed by atoms with Crippen molar-refractivity contribution in [2.24, 2.45) is 0 Å². The van der Waals surface area contributed by atoms with E-state index in [4.69, 9.17) is 9.84 Å². The average molecular weight is 323 g/mol. The number of nitrogens with zero attached hydrogens (tertiary/aromatic N) is 1. The number of anilines is 1. The Hall–Kier alpha value is -1.70. The highest BCUT2D eigenvalue weighted by molar-refractivity contribution is 7.22. The summed E-state index contributed by atoms with van der Waals surface area (Å²) in [6.45, 7) is 6.28. The van der Waals surface area contributed by atoms with Crippen molar-refractivity contribution in [3.63, 3.8) is 0 Å². The third-order valence-corrected chi connectivity index (χ3v) is 3.97. The minimum Gasteiger partial charge on any atom is -0.494 e. The molecule has 0 fully saturated rings. The van der Waals surface area contributed by atoms with Crippen molar-refractivity contribution in [1.82, 2.24) is 10.3 Å². The molecule has 0 bridgehead atoms. The molecule has 2 aromatic rings. The number of hydrogen-bond acceptors (Lipinski definition) is 6. The molecule has 0 unspecified atom stereocenters. The van der Waals surface area contributed by atoms with Crippen LogP contribution in [0.2, 0.25) is 0 Å². The van der Waals surface area contributed by atoms with Crippen LogP contribution in [-0.4, -0.2) is 41.3 Å². The van der Waals surface area contributed by atoms with Crippen molar-refractivity contribution in [2.75, 3.05) is 25.1 Å². The first kappa shape index (κ1) is 16.7. The first-order chi connectivity index (χ1) is 10.4. The summed E-state index contributed by atoms with van der Waals surface area (Å²) >= 11 is 1.40. The molecule has 2 rings (SSSR count). The predicted molar refractivity (Wildman–Crippen MR) is 88.6 cm³/mol. The number of hydrogen-bond donors (Lipinski definition) is 3. The number of aromatic nitrogens is 1. The molecule has 6 nitrogen and oxygen atoms in total. The standard InChI is InChI=1S/C15H21N3O3S/c1-4-21-10-5-6-11-12(7-10)22-14(17-11)18-13(20)8-16-15(2,3)9-19/h5-7,16,19H,4,8-9H2,1-3H3,(H,17,18,20). The zero-order chi connectivity index (χ0) is 16.2. The van der Waals surface area contributed by atoms with Crippen molar-refractivity contribution >= 4 is 32.6 Å². The fraction of sp³-hybridized carbons (Fsp3) is 0.467. The van der Waals surface area contributed by atoms with Gasteiger partial charge in [0.1, 0.15) is 5.75 Å². The van der Waals surface area contributed by atoms with Gasteiger partial charge in [0.25, 0.3) is 0 Å². The maximum Gasteiger partial charge on any atom is 0.240 e. The van der Waals surface area contributed by atoms with Crippen LogP contribution in [0.3, 0.4) is 0 Å². The van der Waals surface area contributed by atoms with Gasteiger partial charge in [0.15, 0.2) is 5.13 Å². The van der Waals surface area contributed by atoms with Gasteiger partial charge >= 0.3 is 0 Å². The molecule has 0 aliphatic carbocycles. The monoisotopic (exact) mass is 323 g/mol. The molecule has 22 heavy (non-hydrogen) atoms. The Balaban J connectivity index is 2.00. The number of aliphatic hydroxyl groups is 1. The van der Waals surface area contributed by atoms with Gasteiger partial charge in [-0.2, -0.15) is 0 Å². The second-order valence-corrected chi connectivity index (χ2v) is 6.56. The fourth-order valence-corrected chi connectivity index (χ4v) is 2.66. The second-order valence-electron chi connectivity index (χ2n) is 5.53. The number of aliphatic hydroxyl groups excluding tert-OH is 1. The van der Waals surface area contributed by atoms with Gasteiger partial charge in [0.05, 0.1) is 30.0 Å². The zero-order valence-electron chi connectivity index (χ0n) is 13.0. The van der Waals surface area contributed by atoms with E-state index in [1.165, 1.54) is 11.3 Å². The van der Waals surface area contributed by atoms with Crippen LogP contribution in [0.15, 0.2) is 18.2 Å². The highest BCUT2D eigenvalue weighted by atomic mass is 32.1. The molecule has 0 aliphatic rings. The normalized spacial score (nSPS) is 11.6. The second kappa shape index (κ2) is 7.04. The van der Waals surface area contributed by atoms with E-state index < -0.39 is 5.54 Å². The lowest BCUT2D eigenvalue weighted by molar-refractivity contribution is -0.115. The van der Waals surface area contributed by atoms with Gasteiger partial charge in [-0.15, -0.1) is 0 Å². The van der Waals surface area contributed by atoms with E-state index in [-0.39, 0.29) is 19.1 Å². The van der Waals surface area contributed by atoms with E-state index in [1.54, 1.807) is 0 Å². The Bertz CT molecular complexity index is 655. The molecule has 1 aromatic heterocycles. The van der Waals surface area contributed by atoms with Crippen LogP contribution in [0.4, 0.5) is 5.13 Å². The number of rotatable bonds is 7. The van der Waals surface area contributed by atoms with Gasteiger partial charge in [-0.05, 0) is 39.0 Å². The summed E-state index contributed by atoms with van der Waals surface area (Å²) in [6, 6.07) is 5.65. The molecule has 1 heterocycles. The fourth-order valence-electron chi connectivity index (χ4n) is 1.75. The van der Waals surface area contributed by atoms with E-state index in [9.17, 15) is 4.79 Å². The number of nitrogens with one attached hydrogen (secondary N) is 2. The van der Waals surface area contributed by atoms with Crippen LogP contribution in [0.25, 0.3) is 10.2 Å². The molecule has 3 N–H and O–H groups in total. The Kier molecular flexibility index (Phi) is 5.33. The lowest BCUT2D eigenvalue weighted by Crippen LogP contribution is -2.46. The van der Waals surface area contributed by atoms with Crippen LogP contribution in [0.5, 0.6) is 5.75 Å². The van der Waals surface area contributed by atoms with Gasteiger partial charge in [0.2, 0.25) is 5.91 Å². The summed E-state index contributed by atoms with van der Waals surface area (Å²) in [6.07, 6.45) is 0. The zero-order valence-corrected chi connectivity index (χ0v) is 13.8. The quantitative estimate of drug-likeness (QED) is 0.726. The molecular formula is C15H21N3O3S. The molecular weight excluding hydrogens is 302 g/mol. The number of ether oxygens (including phenoxy) is 1. The Morgan fingerprint density at radius 2 is 2.23 bits per heavy atom. The molecule has 0 saturated heterocycles. The third kappa shape index (κ3) is 4.40. The number of thiazole rings is 1. The van der Waals surface area contributed by atoms with Gasteiger partial charge in [-0.3, -0.25) is 4.79 Å².